The van der Waals surface area contributed by atoms with Gasteiger partial charge in [-0.1, -0.05) is 42.3 Å². The minimum Gasteiger partial charge on any atom is -0.310 e. The van der Waals surface area contributed by atoms with Gasteiger partial charge in [0.15, 0.2) is 0 Å². The Morgan fingerprint density at radius 1 is 1.00 bits per heavy atom. The summed E-state index contributed by atoms with van der Waals surface area (Å²) in [5.74, 6) is -1.16. The average Bonchev–Trinajstić information content (AvgIpc) is 2.42. The molecule has 0 saturated heterocycles. The molecule has 0 heterocycles. The highest BCUT2D eigenvalue weighted by atomic mass is 35.5. The molecule has 0 radical (unpaired) electrons. The van der Waals surface area contributed by atoms with Crippen LogP contribution in [-0.4, -0.2) is 6.54 Å². The van der Waals surface area contributed by atoms with Crippen LogP contribution in [-0.2, 0) is 6.42 Å². The van der Waals surface area contributed by atoms with Gasteiger partial charge in [0, 0.05) is 21.7 Å². The van der Waals surface area contributed by atoms with Crippen LogP contribution in [0.5, 0.6) is 0 Å². The lowest BCUT2D eigenvalue weighted by atomic mass is 9.97. The Labute approximate surface area is 132 Å². The summed E-state index contributed by atoms with van der Waals surface area (Å²) in [5.41, 5.74) is 0.685. The quantitative estimate of drug-likeness (QED) is 0.798. The lowest BCUT2D eigenvalue weighted by Crippen LogP contribution is -2.25. The Morgan fingerprint density at radius 3 is 2.05 bits per heavy atom. The SMILES string of the molecule is CCNC(Cc1c(Cl)cccc1Cl)c1c(F)cccc1F. The Hall–Kier alpha value is -1.16. The molecule has 0 aliphatic carbocycles. The van der Waals surface area contributed by atoms with Crippen LogP contribution in [0.25, 0.3) is 0 Å². The third-order valence-corrected chi connectivity index (χ3v) is 3.98. The minimum atomic E-state index is -0.580. The molecule has 0 fully saturated rings. The lowest BCUT2D eigenvalue weighted by Gasteiger charge is -2.21. The van der Waals surface area contributed by atoms with E-state index in [2.05, 4.69) is 5.32 Å². The van der Waals surface area contributed by atoms with Crippen molar-refractivity contribution in [2.75, 3.05) is 6.54 Å². The molecule has 1 nitrogen and oxygen atoms in total. The van der Waals surface area contributed by atoms with Crippen LogP contribution in [0.2, 0.25) is 10.0 Å². The van der Waals surface area contributed by atoms with Crippen LogP contribution < -0.4 is 5.32 Å². The lowest BCUT2D eigenvalue weighted by molar-refractivity contribution is 0.473. The van der Waals surface area contributed by atoms with E-state index in [0.717, 1.165) is 0 Å². The molecule has 2 aromatic carbocycles. The number of rotatable bonds is 5. The van der Waals surface area contributed by atoms with E-state index < -0.39 is 17.7 Å². The van der Waals surface area contributed by atoms with E-state index in [1.807, 2.05) is 6.92 Å². The first-order valence-corrected chi connectivity index (χ1v) is 7.40. The van der Waals surface area contributed by atoms with E-state index >= 15 is 0 Å². The van der Waals surface area contributed by atoms with Gasteiger partial charge < -0.3 is 5.32 Å². The average molecular weight is 330 g/mol. The molecular weight excluding hydrogens is 315 g/mol. The monoisotopic (exact) mass is 329 g/mol. The molecule has 2 aromatic rings. The first-order chi connectivity index (χ1) is 10.0. The molecule has 0 spiro atoms. The van der Waals surface area contributed by atoms with Crippen LogP contribution in [0, 0.1) is 11.6 Å². The fourth-order valence-electron chi connectivity index (χ4n) is 2.30. The molecule has 1 unspecified atom stereocenters. The molecule has 0 bridgehead atoms. The van der Waals surface area contributed by atoms with E-state index in [1.54, 1.807) is 18.2 Å². The summed E-state index contributed by atoms with van der Waals surface area (Å²) < 4.78 is 28.0. The summed E-state index contributed by atoms with van der Waals surface area (Å²) in [7, 11) is 0. The highest BCUT2D eigenvalue weighted by molar-refractivity contribution is 6.36. The Balaban J connectivity index is 2.41. The van der Waals surface area contributed by atoms with Gasteiger partial charge in [0.25, 0.3) is 0 Å². The number of nitrogens with one attached hydrogen (secondary N) is 1. The van der Waals surface area contributed by atoms with Crippen molar-refractivity contribution in [2.45, 2.75) is 19.4 Å². The fourth-order valence-corrected chi connectivity index (χ4v) is 2.85. The molecule has 0 aliphatic heterocycles. The van der Waals surface area contributed by atoms with E-state index in [9.17, 15) is 8.78 Å². The van der Waals surface area contributed by atoms with Gasteiger partial charge in [-0.15, -0.1) is 0 Å². The molecule has 112 valence electrons. The van der Waals surface area contributed by atoms with Crippen molar-refractivity contribution < 1.29 is 8.78 Å². The topological polar surface area (TPSA) is 12.0 Å². The number of benzene rings is 2. The number of likely N-dealkylation sites (N-methyl/N-ethyl adjacent to an activating group) is 1. The second-order valence-electron chi connectivity index (χ2n) is 4.65. The molecule has 0 amide bonds. The van der Waals surface area contributed by atoms with Crippen molar-refractivity contribution in [2.24, 2.45) is 0 Å². The maximum Gasteiger partial charge on any atom is 0.130 e. The Morgan fingerprint density at radius 2 is 1.52 bits per heavy atom. The predicted octanol–water partition coefficient (Wildman–Crippen LogP) is 5.16. The largest absolute Gasteiger partial charge is 0.310 e. The van der Waals surface area contributed by atoms with E-state index in [1.165, 1.54) is 18.2 Å². The zero-order valence-corrected chi connectivity index (χ0v) is 13.0. The molecule has 21 heavy (non-hydrogen) atoms. The van der Waals surface area contributed by atoms with Crippen LogP contribution >= 0.6 is 23.2 Å². The van der Waals surface area contributed by atoms with Crippen LogP contribution in [0.4, 0.5) is 8.78 Å². The highest BCUT2D eigenvalue weighted by Crippen LogP contribution is 2.31. The second kappa shape index (κ2) is 7.21. The van der Waals surface area contributed by atoms with Crippen molar-refractivity contribution in [3.8, 4) is 0 Å². The first kappa shape index (κ1) is 16.2. The van der Waals surface area contributed by atoms with Gasteiger partial charge in [-0.25, -0.2) is 8.78 Å². The van der Waals surface area contributed by atoms with E-state index in [0.29, 0.717) is 28.6 Å². The van der Waals surface area contributed by atoms with Gasteiger partial charge in [-0.05, 0) is 42.8 Å². The smallest absolute Gasteiger partial charge is 0.130 e. The van der Waals surface area contributed by atoms with Crippen molar-refractivity contribution in [3.63, 3.8) is 0 Å². The van der Waals surface area contributed by atoms with Crippen molar-refractivity contribution in [1.82, 2.24) is 5.32 Å². The van der Waals surface area contributed by atoms with Gasteiger partial charge in [-0.2, -0.15) is 0 Å². The maximum atomic E-state index is 14.0. The van der Waals surface area contributed by atoms with Gasteiger partial charge in [0.1, 0.15) is 11.6 Å². The standard InChI is InChI=1S/C16H15Cl2F2N/c1-2-21-15(16-13(19)7-4-8-14(16)20)9-10-11(17)5-3-6-12(10)18/h3-8,15,21H,2,9H2,1H3. The number of hydrogen-bond acceptors (Lipinski definition) is 1. The third kappa shape index (κ3) is 3.73. The molecule has 5 heteroatoms. The van der Waals surface area contributed by atoms with E-state index in [4.69, 9.17) is 23.2 Å². The molecular formula is C16H15Cl2F2N. The highest BCUT2D eigenvalue weighted by Gasteiger charge is 2.21. The normalized spacial score (nSPS) is 12.4. The molecule has 1 N–H and O–H groups in total. The van der Waals surface area contributed by atoms with Crippen molar-refractivity contribution in [3.05, 3.63) is 69.2 Å². The summed E-state index contributed by atoms with van der Waals surface area (Å²) in [6, 6.07) is 8.47. The number of halogens is 4. The molecule has 1 atom stereocenters. The Bertz CT molecular complexity index is 591. The van der Waals surface area contributed by atoms with Crippen molar-refractivity contribution in [1.29, 1.82) is 0 Å². The van der Waals surface area contributed by atoms with Gasteiger partial charge >= 0.3 is 0 Å². The summed E-state index contributed by atoms with van der Waals surface area (Å²) in [6.45, 7) is 2.44. The Kier molecular flexibility index (Phi) is 5.57. The maximum absolute atomic E-state index is 14.0. The summed E-state index contributed by atoms with van der Waals surface area (Å²) in [4.78, 5) is 0. The van der Waals surface area contributed by atoms with Gasteiger partial charge in [-0.3, -0.25) is 0 Å². The van der Waals surface area contributed by atoms with Crippen LogP contribution in [0.3, 0.4) is 0 Å². The van der Waals surface area contributed by atoms with Crippen LogP contribution in [0.15, 0.2) is 36.4 Å². The first-order valence-electron chi connectivity index (χ1n) is 6.64. The van der Waals surface area contributed by atoms with Crippen molar-refractivity contribution >= 4 is 23.2 Å². The molecule has 0 aromatic heterocycles. The van der Waals surface area contributed by atoms with Gasteiger partial charge in [0.2, 0.25) is 0 Å². The molecule has 0 saturated carbocycles. The predicted molar refractivity (Wildman–Crippen MR) is 82.9 cm³/mol. The molecule has 2 rings (SSSR count). The van der Waals surface area contributed by atoms with Crippen LogP contribution in [0.1, 0.15) is 24.1 Å². The zero-order chi connectivity index (χ0) is 15.4. The zero-order valence-electron chi connectivity index (χ0n) is 11.5. The number of hydrogen-bond donors (Lipinski definition) is 1. The van der Waals surface area contributed by atoms with Gasteiger partial charge in [0.05, 0.1) is 0 Å². The fraction of sp³-hybridized carbons (Fsp3) is 0.250. The van der Waals surface area contributed by atoms with E-state index in [-0.39, 0.29) is 5.56 Å². The minimum absolute atomic E-state index is 0.00957. The molecule has 0 aliphatic rings. The summed E-state index contributed by atoms with van der Waals surface area (Å²) >= 11 is 12.3. The second-order valence-corrected chi connectivity index (χ2v) is 5.46. The third-order valence-electron chi connectivity index (χ3n) is 3.27. The summed E-state index contributed by atoms with van der Waals surface area (Å²) in [6.07, 6.45) is 0.310. The summed E-state index contributed by atoms with van der Waals surface area (Å²) in [5, 5.41) is 4.06.